The molecule has 0 fully saturated rings. The number of halogens is 2. The Morgan fingerprint density at radius 2 is 1.31 bits per heavy atom. The zero-order chi connectivity index (χ0) is 7.52. The van der Waals surface area contributed by atoms with Crippen LogP contribution in [-0.2, 0) is 18.6 Å². The summed E-state index contributed by atoms with van der Waals surface area (Å²) in [4.78, 5) is 0. The van der Waals surface area contributed by atoms with Crippen LogP contribution in [0.4, 0.5) is 0 Å². The molecule has 0 atom stereocenters. The average molecular weight is 396 g/mol. The van der Waals surface area contributed by atoms with E-state index >= 15 is 0 Å². The van der Waals surface area contributed by atoms with E-state index in [1.165, 1.54) is 12.8 Å². The zero-order valence-electron chi connectivity index (χ0n) is 6.95. The van der Waals surface area contributed by atoms with Crippen LogP contribution in [0, 0.1) is 0 Å². The van der Waals surface area contributed by atoms with Crippen LogP contribution < -0.4 is 24.8 Å². The minimum Gasteiger partial charge on any atom is -1.00 e. The Hall–Kier alpha value is 0.228. The van der Waals surface area contributed by atoms with E-state index in [0.717, 1.165) is 0 Å². The molecule has 13 heavy (non-hydrogen) atoms. The van der Waals surface area contributed by atoms with E-state index in [1.807, 2.05) is 0 Å². The van der Waals surface area contributed by atoms with E-state index in [1.54, 1.807) is 7.93 Å². The third-order valence-corrected chi connectivity index (χ3v) is 4.75. The second kappa shape index (κ2) is 6.65. The van der Waals surface area contributed by atoms with Crippen LogP contribution >= 0.6 is 0 Å². The first-order valence-electron chi connectivity index (χ1n) is 3.75. The molecule has 3 heteroatoms. The molecule has 0 unspecified atom stereocenters. The van der Waals surface area contributed by atoms with Gasteiger partial charge in [-0.25, -0.2) is 0 Å². The van der Waals surface area contributed by atoms with Crippen molar-refractivity contribution in [1.29, 1.82) is 0 Å². The minimum absolute atomic E-state index is 0. The van der Waals surface area contributed by atoms with E-state index in [0.29, 0.717) is 0 Å². The van der Waals surface area contributed by atoms with E-state index < -0.39 is 0 Å². The normalized spacial score (nSPS) is 17.8. The molecule has 2 rings (SSSR count). The molecule has 2 aliphatic carbocycles. The summed E-state index contributed by atoms with van der Waals surface area (Å²) < 4.78 is 3.33. The van der Waals surface area contributed by atoms with Gasteiger partial charge in [-0.05, 0) is 0 Å². The molecule has 0 bridgehead atoms. The topological polar surface area (TPSA) is 0 Å². The Morgan fingerprint density at radius 1 is 0.846 bits per heavy atom. The molecule has 0 saturated heterocycles. The molecule has 74 valence electrons. The first kappa shape index (κ1) is 13.2. The van der Waals surface area contributed by atoms with Gasteiger partial charge in [-0.3, -0.25) is 0 Å². The van der Waals surface area contributed by atoms with Gasteiger partial charge >= 0.3 is 75.8 Å². The van der Waals surface area contributed by atoms with Gasteiger partial charge < -0.3 is 24.8 Å². The smallest absolute Gasteiger partial charge is 1.00 e. The van der Waals surface area contributed by atoms with Crippen molar-refractivity contribution in [2.75, 3.05) is 0 Å². The second-order valence-electron chi connectivity index (χ2n) is 2.49. The third kappa shape index (κ3) is 3.85. The molecule has 0 spiro atoms. The van der Waals surface area contributed by atoms with Crippen LogP contribution in [0.3, 0.4) is 0 Å². The zero-order valence-corrected chi connectivity index (χ0v) is 10.7. The van der Waals surface area contributed by atoms with Gasteiger partial charge in [-0.1, -0.05) is 0 Å². The number of rotatable bonds is 2. The van der Waals surface area contributed by atoms with Crippen LogP contribution in [0.25, 0.3) is 0 Å². The van der Waals surface area contributed by atoms with Crippen LogP contribution in [0.15, 0.2) is 44.4 Å². The molecule has 0 amide bonds. The van der Waals surface area contributed by atoms with Crippen molar-refractivity contribution in [3.8, 4) is 0 Å². The minimum atomic E-state index is 0. The van der Waals surface area contributed by atoms with E-state index in [2.05, 4.69) is 36.5 Å². The summed E-state index contributed by atoms with van der Waals surface area (Å²) in [6.07, 6.45) is 15.9. The second-order valence-corrected chi connectivity index (χ2v) is 5.98. The molecule has 0 N–H and O–H groups in total. The fraction of sp³-hybridized carbons (Fsp3) is 0.200. The molecule has 0 heterocycles. The molecule has 0 aliphatic heterocycles. The maximum atomic E-state index is 2.28. The van der Waals surface area contributed by atoms with Crippen molar-refractivity contribution in [3.63, 3.8) is 0 Å². The predicted octanol–water partition coefficient (Wildman–Crippen LogP) is -3.24. The Kier molecular flexibility index (Phi) is 6.76. The van der Waals surface area contributed by atoms with Gasteiger partial charge in [-0.2, -0.15) is 0 Å². The SMILES string of the molecule is C1=CC[C]([Pt+2][C]2=CC=CC2)=C1.[Cl-].[Cl-]. The Labute approximate surface area is 100 Å². The molecule has 0 aromatic rings. The molecule has 0 radical (unpaired) electrons. The van der Waals surface area contributed by atoms with Crippen LogP contribution in [0.2, 0.25) is 0 Å². The molecule has 0 nitrogen and oxygen atoms in total. The van der Waals surface area contributed by atoms with E-state index in [-0.39, 0.29) is 43.4 Å². The van der Waals surface area contributed by atoms with Gasteiger partial charge in [0, 0.05) is 0 Å². The van der Waals surface area contributed by atoms with Crippen molar-refractivity contribution in [2.45, 2.75) is 12.8 Å². The maximum absolute atomic E-state index is 2.28. The van der Waals surface area contributed by atoms with Gasteiger partial charge in [0.15, 0.2) is 0 Å². The van der Waals surface area contributed by atoms with Gasteiger partial charge in [-0.15, -0.1) is 0 Å². The standard InChI is InChI=1S/2C5H5.2ClH.Pt/c2*1-2-4-5-3-1;;;/h2*1-3H,4H2;2*1H;/q;;;;+2/p-2. The largest absolute Gasteiger partial charge is 1.00 e. The quantitative estimate of drug-likeness (QED) is 0.461. The van der Waals surface area contributed by atoms with Gasteiger partial charge in [0.05, 0.1) is 0 Å². The molecular weight excluding hydrogens is 386 g/mol. The summed E-state index contributed by atoms with van der Waals surface area (Å²) in [7, 11) is 0. The molecular formula is C10H10Cl2Pt. The number of hydrogen-bond acceptors (Lipinski definition) is 0. The fourth-order valence-corrected chi connectivity index (χ4v) is 3.82. The third-order valence-electron chi connectivity index (χ3n) is 1.61. The van der Waals surface area contributed by atoms with Crippen molar-refractivity contribution < 1.29 is 43.4 Å². The van der Waals surface area contributed by atoms with Crippen molar-refractivity contribution >= 4 is 0 Å². The van der Waals surface area contributed by atoms with Crippen molar-refractivity contribution in [1.82, 2.24) is 0 Å². The Morgan fingerprint density at radius 3 is 1.62 bits per heavy atom. The summed E-state index contributed by atoms with van der Waals surface area (Å²) in [5, 5.41) is 0. The number of hydrogen-bond donors (Lipinski definition) is 0. The summed E-state index contributed by atoms with van der Waals surface area (Å²) in [5.74, 6) is 0. The van der Waals surface area contributed by atoms with Gasteiger partial charge in [0.1, 0.15) is 0 Å². The fourth-order valence-electron chi connectivity index (χ4n) is 1.06. The number of allylic oxidation sites excluding steroid dienone is 8. The summed E-state index contributed by atoms with van der Waals surface area (Å²) >= 11 is 0.205. The molecule has 0 saturated carbocycles. The first-order valence-corrected chi connectivity index (χ1v) is 6.02. The predicted molar refractivity (Wildman–Crippen MR) is 43.7 cm³/mol. The first-order chi connectivity index (χ1) is 5.45. The maximum Gasteiger partial charge on any atom is -1.00 e. The van der Waals surface area contributed by atoms with Gasteiger partial charge in [0.25, 0.3) is 0 Å². The summed E-state index contributed by atoms with van der Waals surface area (Å²) in [5.41, 5.74) is 0. The van der Waals surface area contributed by atoms with Crippen LogP contribution in [0.5, 0.6) is 0 Å². The monoisotopic (exact) mass is 395 g/mol. The molecule has 0 aromatic heterocycles. The average Bonchev–Trinajstić information content (AvgIpc) is 2.60. The molecule has 0 aromatic carbocycles. The van der Waals surface area contributed by atoms with Crippen LogP contribution in [-0.4, -0.2) is 0 Å². The van der Waals surface area contributed by atoms with Gasteiger partial charge in [0.2, 0.25) is 0 Å². The van der Waals surface area contributed by atoms with Crippen molar-refractivity contribution in [3.05, 3.63) is 44.4 Å². The van der Waals surface area contributed by atoms with E-state index in [4.69, 9.17) is 0 Å². The Bertz CT molecular complexity index is 247. The summed E-state index contributed by atoms with van der Waals surface area (Å²) in [6, 6.07) is 0. The van der Waals surface area contributed by atoms with Crippen LogP contribution in [0.1, 0.15) is 12.8 Å². The van der Waals surface area contributed by atoms with E-state index in [9.17, 15) is 0 Å². The Balaban J connectivity index is 0.000000720. The van der Waals surface area contributed by atoms with Crippen molar-refractivity contribution in [2.24, 2.45) is 0 Å². The summed E-state index contributed by atoms with van der Waals surface area (Å²) in [6.45, 7) is 0. The molecule has 2 aliphatic rings.